The standard InChI is InChI=1S/C16H19FN2O3/c1-16(2,3)22-15(20)19-8-7-12(10-19)21-11-5-6-14(18-4)13(17)9-11/h5-6,9,12H,7-8,10H2,1-3H3/t12-/m0/s1. The van der Waals surface area contributed by atoms with Crippen LogP contribution < -0.4 is 4.74 Å². The van der Waals surface area contributed by atoms with Crippen molar-refractivity contribution in [3.8, 4) is 5.75 Å². The molecular formula is C16H19FN2O3. The summed E-state index contributed by atoms with van der Waals surface area (Å²) in [6, 6.07) is 4.15. The van der Waals surface area contributed by atoms with E-state index in [1.807, 2.05) is 20.8 Å². The van der Waals surface area contributed by atoms with E-state index in [0.717, 1.165) is 0 Å². The lowest BCUT2D eigenvalue weighted by atomic mass is 10.2. The topological polar surface area (TPSA) is 43.1 Å². The molecule has 0 unspecified atom stereocenters. The molecule has 118 valence electrons. The molecule has 0 aliphatic carbocycles. The normalized spacial score (nSPS) is 18.0. The minimum absolute atomic E-state index is 0.0332. The highest BCUT2D eigenvalue weighted by Gasteiger charge is 2.30. The van der Waals surface area contributed by atoms with Crippen LogP contribution in [0.25, 0.3) is 4.85 Å². The molecule has 1 aliphatic heterocycles. The maximum Gasteiger partial charge on any atom is 0.410 e. The van der Waals surface area contributed by atoms with Crippen LogP contribution in [0.2, 0.25) is 0 Å². The third-order valence-electron chi connectivity index (χ3n) is 3.14. The molecule has 1 fully saturated rings. The molecule has 0 bridgehead atoms. The summed E-state index contributed by atoms with van der Waals surface area (Å²) in [5, 5.41) is 0. The predicted octanol–water partition coefficient (Wildman–Crippen LogP) is 3.76. The minimum atomic E-state index is -0.602. The molecule has 0 radical (unpaired) electrons. The van der Waals surface area contributed by atoms with Crippen molar-refractivity contribution in [3.63, 3.8) is 0 Å². The summed E-state index contributed by atoms with van der Waals surface area (Å²) in [4.78, 5) is 16.6. The molecule has 1 heterocycles. The summed E-state index contributed by atoms with van der Waals surface area (Å²) in [6.07, 6.45) is 0.0877. The summed E-state index contributed by atoms with van der Waals surface area (Å²) in [6.45, 7) is 13.2. The fourth-order valence-electron chi connectivity index (χ4n) is 2.16. The van der Waals surface area contributed by atoms with Gasteiger partial charge in [0.05, 0.1) is 13.1 Å². The quantitative estimate of drug-likeness (QED) is 0.781. The van der Waals surface area contributed by atoms with E-state index in [2.05, 4.69) is 4.85 Å². The van der Waals surface area contributed by atoms with E-state index in [9.17, 15) is 9.18 Å². The van der Waals surface area contributed by atoms with Crippen molar-refractivity contribution in [2.24, 2.45) is 0 Å². The van der Waals surface area contributed by atoms with Crippen molar-refractivity contribution in [2.45, 2.75) is 38.9 Å². The number of hydrogen-bond acceptors (Lipinski definition) is 3. The molecule has 6 heteroatoms. The molecule has 0 saturated carbocycles. The molecule has 1 amide bonds. The maximum atomic E-state index is 13.5. The Hall–Kier alpha value is -2.29. The van der Waals surface area contributed by atoms with Crippen molar-refractivity contribution in [1.82, 2.24) is 4.90 Å². The van der Waals surface area contributed by atoms with Crippen LogP contribution in [-0.4, -0.2) is 35.8 Å². The van der Waals surface area contributed by atoms with Crippen LogP contribution in [0, 0.1) is 12.4 Å². The van der Waals surface area contributed by atoms with Gasteiger partial charge >= 0.3 is 6.09 Å². The van der Waals surface area contributed by atoms with Gasteiger partial charge in [-0.25, -0.2) is 14.0 Å². The lowest BCUT2D eigenvalue weighted by Crippen LogP contribution is -2.36. The van der Waals surface area contributed by atoms with Crippen molar-refractivity contribution in [2.75, 3.05) is 13.1 Å². The highest BCUT2D eigenvalue weighted by Crippen LogP contribution is 2.25. The first-order chi connectivity index (χ1) is 10.3. The van der Waals surface area contributed by atoms with Gasteiger partial charge in [0.2, 0.25) is 5.69 Å². The number of benzene rings is 1. The highest BCUT2D eigenvalue weighted by molar-refractivity contribution is 5.68. The van der Waals surface area contributed by atoms with Crippen LogP contribution in [-0.2, 0) is 4.74 Å². The van der Waals surface area contributed by atoms with E-state index in [4.69, 9.17) is 16.0 Å². The van der Waals surface area contributed by atoms with E-state index >= 15 is 0 Å². The summed E-state index contributed by atoms with van der Waals surface area (Å²) >= 11 is 0. The van der Waals surface area contributed by atoms with Gasteiger partial charge in [0.25, 0.3) is 0 Å². The van der Waals surface area contributed by atoms with Crippen LogP contribution in [0.5, 0.6) is 5.75 Å². The summed E-state index contributed by atoms with van der Waals surface area (Å²) in [5.41, 5.74) is -0.566. The molecule has 0 spiro atoms. The number of hydrogen-bond donors (Lipinski definition) is 0. The number of carbonyl (C=O) groups is 1. The largest absolute Gasteiger partial charge is 0.489 e. The smallest absolute Gasteiger partial charge is 0.410 e. The molecule has 0 N–H and O–H groups in total. The Morgan fingerprint density at radius 3 is 2.77 bits per heavy atom. The Morgan fingerprint density at radius 1 is 1.45 bits per heavy atom. The Bertz CT molecular complexity index is 604. The molecule has 1 aliphatic rings. The first-order valence-electron chi connectivity index (χ1n) is 7.10. The summed E-state index contributed by atoms with van der Waals surface area (Å²) < 4.78 is 24.5. The minimum Gasteiger partial charge on any atom is -0.489 e. The summed E-state index contributed by atoms with van der Waals surface area (Å²) in [5.74, 6) is -0.240. The molecule has 1 aromatic carbocycles. The van der Waals surface area contributed by atoms with Crippen molar-refractivity contribution in [1.29, 1.82) is 0 Å². The highest BCUT2D eigenvalue weighted by atomic mass is 19.1. The Kier molecular flexibility index (Phi) is 4.55. The third-order valence-corrected chi connectivity index (χ3v) is 3.14. The number of carbonyl (C=O) groups excluding carboxylic acids is 1. The van der Waals surface area contributed by atoms with E-state index in [-0.39, 0.29) is 17.9 Å². The van der Waals surface area contributed by atoms with E-state index < -0.39 is 11.4 Å². The number of nitrogens with zero attached hydrogens (tertiary/aromatic N) is 2. The number of likely N-dealkylation sites (tertiary alicyclic amines) is 1. The SMILES string of the molecule is [C-]#[N+]c1ccc(O[C@H]2CCN(C(=O)OC(C)(C)C)C2)cc1F. The van der Waals surface area contributed by atoms with Gasteiger partial charge in [-0.15, -0.1) is 0 Å². The van der Waals surface area contributed by atoms with Crippen molar-refractivity contribution in [3.05, 3.63) is 35.4 Å². The fourth-order valence-corrected chi connectivity index (χ4v) is 2.16. The van der Waals surface area contributed by atoms with Gasteiger partial charge in [-0.3, -0.25) is 0 Å². The van der Waals surface area contributed by atoms with E-state index in [1.54, 1.807) is 11.0 Å². The van der Waals surface area contributed by atoms with E-state index in [1.165, 1.54) is 12.1 Å². The zero-order valence-corrected chi connectivity index (χ0v) is 12.9. The van der Waals surface area contributed by atoms with Crippen molar-refractivity contribution < 1.29 is 18.7 Å². The van der Waals surface area contributed by atoms with Gasteiger partial charge in [-0.1, -0.05) is 0 Å². The molecule has 1 atom stereocenters. The Morgan fingerprint density at radius 2 is 2.18 bits per heavy atom. The molecule has 1 saturated heterocycles. The second-order valence-corrected chi connectivity index (χ2v) is 6.18. The third kappa shape index (κ3) is 4.10. The zero-order valence-electron chi connectivity index (χ0n) is 12.9. The first-order valence-corrected chi connectivity index (χ1v) is 7.10. The van der Waals surface area contributed by atoms with Crippen LogP contribution in [0.4, 0.5) is 14.9 Å². The predicted molar refractivity (Wildman–Crippen MR) is 79.5 cm³/mol. The molecule has 5 nitrogen and oxygen atoms in total. The van der Waals surface area contributed by atoms with Gasteiger partial charge in [0.1, 0.15) is 23.3 Å². The average molecular weight is 306 g/mol. The van der Waals surface area contributed by atoms with E-state index in [0.29, 0.717) is 25.3 Å². The van der Waals surface area contributed by atoms with Gasteiger partial charge in [-0.05, 0) is 32.9 Å². The fraction of sp³-hybridized carbons (Fsp3) is 0.500. The molecule has 0 aromatic heterocycles. The van der Waals surface area contributed by atoms with Gasteiger partial charge in [0, 0.05) is 19.0 Å². The van der Waals surface area contributed by atoms with Crippen LogP contribution in [0.1, 0.15) is 27.2 Å². The lowest BCUT2D eigenvalue weighted by Gasteiger charge is -2.24. The Balaban J connectivity index is 1.93. The second kappa shape index (κ2) is 6.22. The number of halogens is 1. The Labute approximate surface area is 129 Å². The molecule has 1 aromatic rings. The monoisotopic (exact) mass is 306 g/mol. The van der Waals surface area contributed by atoms with Crippen LogP contribution >= 0.6 is 0 Å². The van der Waals surface area contributed by atoms with Gasteiger partial charge in [0.15, 0.2) is 0 Å². The van der Waals surface area contributed by atoms with Crippen LogP contribution in [0.3, 0.4) is 0 Å². The molecular weight excluding hydrogens is 287 g/mol. The molecule has 2 rings (SSSR count). The van der Waals surface area contributed by atoms with Crippen LogP contribution in [0.15, 0.2) is 18.2 Å². The molecule has 22 heavy (non-hydrogen) atoms. The number of rotatable bonds is 2. The van der Waals surface area contributed by atoms with Crippen molar-refractivity contribution >= 4 is 11.8 Å². The lowest BCUT2D eigenvalue weighted by molar-refractivity contribution is 0.0275. The number of amides is 1. The first kappa shape index (κ1) is 16.1. The van der Waals surface area contributed by atoms with Gasteiger partial charge < -0.3 is 14.4 Å². The second-order valence-electron chi connectivity index (χ2n) is 6.18. The zero-order chi connectivity index (χ0) is 16.3. The summed E-state index contributed by atoms with van der Waals surface area (Å²) in [7, 11) is 0. The average Bonchev–Trinajstić information content (AvgIpc) is 2.85. The maximum absolute atomic E-state index is 13.5. The number of ether oxygens (including phenoxy) is 2. The van der Waals surface area contributed by atoms with Gasteiger partial charge in [-0.2, -0.15) is 0 Å².